The van der Waals surface area contributed by atoms with E-state index < -0.39 is 54.9 Å². The molecular weight excluding hydrogens is 359 g/mol. The van der Waals surface area contributed by atoms with Crippen LogP contribution in [0.3, 0.4) is 0 Å². The Hall–Kier alpha value is -2.34. The third-order valence-corrected chi connectivity index (χ3v) is 4.97. The number of phenols is 1. The highest BCUT2D eigenvalue weighted by Gasteiger charge is 2.48. The van der Waals surface area contributed by atoms with Gasteiger partial charge in [0.1, 0.15) is 29.2 Å². The quantitative estimate of drug-likeness (QED) is 0.302. The van der Waals surface area contributed by atoms with Crippen LogP contribution < -0.4 is 10.5 Å². The summed E-state index contributed by atoms with van der Waals surface area (Å²) in [7, 11) is -1.53. The van der Waals surface area contributed by atoms with Gasteiger partial charge < -0.3 is 40.7 Å². The van der Waals surface area contributed by atoms with Gasteiger partial charge >= 0.3 is 13.1 Å². The highest BCUT2D eigenvalue weighted by Crippen LogP contribution is 2.56. The molecule has 0 bridgehead atoms. The largest absolute Gasteiger partial charge is 0.507 e. The second kappa shape index (κ2) is 7.35. The average molecular weight is 380 g/mol. The first-order valence-corrected chi connectivity index (χ1v) is 8.51. The summed E-state index contributed by atoms with van der Waals surface area (Å²) in [6.07, 6.45) is -0.0221. The molecule has 3 rings (SSSR count). The zero-order valence-electron chi connectivity index (χ0n) is 14.4. The molecular formula is C16H21BN2O8. The fraction of sp³-hybridized carbons (Fsp3) is 0.500. The Morgan fingerprint density at radius 2 is 2.00 bits per heavy atom. The van der Waals surface area contributed by atoms with Gasteiger partial charge in [-0.25, -0.2) is 4.79 Å². The molecule has 146 valence electrons. The first-order valence-electron chi connectivity index (χ1n) is 8.51. The van der Waals surface area contributed by atoms with E-state index in [1.807, 2.05) is 0 Å². The minimum atomic E-state index is -1.53. The van der Waals surface area contributed by atoms with Crippen LogP contribution in [0.2, 0.25) is 5.82 Å². The van der Waals surface area contributed by atoms with E-state index in [1.54, 1.807) is 0 Å². The lowest BCUT2D eigenvalue weighted by atomic mass is 9.81. The number of carbonyl (C=O) groups is 2. The summed E-state index contributed by atoms with van der Waals surface area (Å²) in [6.45, 7) is -0.0882. The molecule has 1 aliphatic heterocycles. The zero-order chi connectivity index (χ0) is 19.9. The number of rotatable bonds is 7. The van der Waals surface area contributed by atoms with Crippen LogP contribution in [0.15, 0.2) is 12.1 Å². The van der Waals surface area contributed by atoms with Crippen molar-refractivity contribution in [3.8, 4) is 11.5 Å². The first kappa shape index (κ1) is 19.4. The molecule has 2 fully saturated rings. The summed E-state index contributed by atoms with van der Waals surface area (Å²) in [5.41, 5.74) is 5.39. The molecule has 2 unspecified atom stereocenters. The molecule has 0 radical (unpaired) electrons. The molecule has 3 atom stereocenters. The molecule has 1 saturated carbocycles. The topological polar surface area (TPSA) is 174 Å². The smallest absolute Gasteiger partial charge is 0.455 e. The molecule has 1 aromatic rings. The molecule has 1 heterocycles. The molecule has 11 heteroatoms. The summed E-state index contributed by atoms with van der Waals surface area (Å²) in [5.74, 6) is -3.05. The Bertz CT molecular complexity index is 752. The number of carboxylic acids is 1. The van der Waals surface area contributed by atoms with Gasteiger partial charge in [-0.2, -0.15) is 0 Å². The van der Waals surface area contributed by atoms with Crippen molar-refractivity contribution < 1.29 is 39.7 Å². The number of nitrogens with zero attached hydrogens (tertiary/aromatic N) is 1. The molecule has 7 N–H and O–H groups in total. The van der Waals surface area contributed by atoms with Crippen LogP contribution >= 0.6 is 0 Å². The van der Waals surface area contributed by atoms with E-state index >= 15 is 0 Å². The van der Waals surface area contributed by atoms with Crippen molar-refractivity contribution in [2.45, 2.75) is 30.3 Å². The van der Waals surface area contributed by atoms with Gasteiger partial charge in [0, 0.05) is 5.82 Å². The molecule has 0 aromatic heterocycles. The van der Waals surface area contributed by atoms with Crippen molar-refractivity contribution in [2.75, 3.05) is 19.7 Å². The van der Waals surface area contributed by atoms with E-state index in [9.17, 15) is 29.9 Å². The normalized spacial score (nSPS) is 22.7. The Morgan fingerprint density at radius 3 is 2.52 bits per heavy atom. The first-order chi connectivity index (χ1) is 12.7. The minimum Gasteiger partial charge on any atom is -0.507 e. The fourth-order valence-electron chi connectivity index (χ4n) is 3.28. The number of benzene rings is 1. The van der Waals surface area contributed by atoms with E-state index in [2.05, 4.69) is 0 Å². The van der Waals surface area contributed by atoms with Gasteiger partial charge in [0.2, 0.25) is 5.91 Å². The third kappa shape index (κ3) is 3.72. The van der Waals surface area contributed by atoms with Crippen LogP contribution in [0.25, 0.3) is 0 Å². The third-order valence-electron chi connectivity index (χ3n) is 4.97. The lowest BCUT2D eigenvalue weighted by Crippen LogP contribution is -2.60. The highest BCUT2D eigenvalue weighted by molar-refractivity contribution is 6.44. The SMILES string of the molecule is N[C@@H](CO)C(=O)N1CC(Oc2ccc(C3CC3B(O)O)c(O)c2C(=O)O)C1. The number of hydrogen-bond acceptors (Lipinski definition) is 8. The number of likely N-dealkylation sites (tertiary alicyclic amines) is 1. The monoisotopic (exact) mass is 380 g/mol. The number of amides is 1. The van der Waals surface area contributed by atoms with Crippen molar-refractivity contribution in [1.29, 1.82) is 0 Å². The minimum absolute atomic E-state index is 0.0333. The maximum absolute atomic E-state index is 11.8. The van der Waals surface area contributed by atoms with Crippen LogP contribution in [-0.2, 0) is 4.79 Å². The summed E-state index contributed by atoms with van der Waals surface area (Å²) >= 11 is 0. The lowest BCUT2D eigenvalue weighted by Gasteiger charge is -2.40. The second-order valence-corrected chi connectivity index (χ2v) is 6.87. The number of hydrogen-bond donors (Lipinski definition) is 6. The molecule has 27 heavy (non-hydrogen) atoms. The number of aliphatic hydroxyl groups excluding tert-OH is 1. The van der Waals surface area contributed by atoms with Gasteiger partial charge in [0.15, 0.2) is 0 Å². The van der Waals surface area contributed by atoms with Crippen LogP contribution in [0.4, 0.5) is 0 Å². The molecule has 2 aliphatic rings. The van der Waals surface area contributed by atoms with Crippen molar-refractivity contribution >= 4 is 19.0 Å². The number of carboxylic acid groups (broad SMARTS) is 1. The lowest BCUT2D eigenvalue weighted by molar-refractivity contribution is -0.142. The van der Waals surface area contributed by atoms with Crippen molar-refractivity contribution in [3.05, 3.63) is 23.3 Å². The van der Waals surface area contributed by atoms with E-state index in [-0.39, 0.29) is 24.8 Å². The van der Waals surface area contributed by atoms with Gasteiger partial charge in [-0.1, -0.05) is 6.07 Å². The summed E-state index contributed by atoms with van der Waals surface area (Å²) in [5, 5.41) is 47.1. The van der Waals surface area contributed by atoms with Gasteiger partial charge in [-0.3, -0.25) is 4.79 Å². The molecule has 1 saturated heterocycles. The zero-order valence-corrected chi connectivity index (χ0v) is 14.4. The second-order valence-electron chi connectivity index (χ2n) is 6.87. The van der Waals surface area contributed by atoms with Crippen molar-refractivity contribution in [1.82, 2.24) is 4.90 Å². The van der Waals surface area contributed by atoms with Gasteiger partial charge in [0.25, 0.3) is 0 Å². The highest BCUT2D eigenvalue weighted by atomic mass is 16.5. The molecule has 1 aromatic carbocycles. The summed E-state index contributed by atoms with van der Waals surface area (Å²) in [6, 6.07) is 1.92. The molecule has 1 amide bonds. The Morgan fingerprint density at radius 1 is 1.33 bits per heavy atom. The number of nitrogens with two attached hydrogens (primary N) is 1. The van der Waals surface area contributed by atoms with E-state index in [1.165, 1.54) is 17.0 Å². The Kier molecular flexibility index (Phi) is 5.29. The predicted octanol–water partition coefficient (Wildman–Crippen LogP) is -1.67. The Balaban J connectivity index is 1.71. The van der Waals surface area contributed by atoms with E-state index in [0.717, 1.165) is 0 Å². The summed E-state index contributed by atoms with van der Waals surface area (Å²) in [4.78, 5) is 24.8. The molecule has 1 aliphatic carbocycles. The maximum Gasteiger partial charge on any atom is 0.455 e. The fourth-order valence-corrected chi connectivity index (χ4v) is 3.28. The van der Waals surface area contributed by atoms with Gasteiger partial charge in [-0.05, 0) is 24.0 Å². The van der Waals surface area contributed by atoms with E-state index in [0.29, 0.717) is 12.0 Å². The standard InChI is InChI=1S/C16H21BN2O8/c18-11(6-20)15(22)19-4-7(5-19)27-12-2-1-8(9-3-10(9)17(25)26)14(21)13(12)16(23)24/h1-2,7,9-11,20-21,25-26H,3-6,18H2,(H,23,24)/t9?,10?,11-/m0/s1. The Labute approximate surface area is 154 Å². The van der Waals surface area contributed by atoms with Gasteiger partial charge in [0.05, 0.1) is 19.7 Å². The van der Waals surface area contributed by atoms with Crippen LogP contribution in [0.5, 0.6) is 11.5 Å². The van der Waals surface area contributed by atoms with Crippen LogP contribution in [-0.4, -0.2) is 81.1 Å². The number of ether oxygens (including phenoxy) is 1. The predicted molar refractivity (Wildman–Crippen MR) is 92.4 cm³/mol. The summed E-state index contributed by atoms with van der Waals surface area (Å²) < 4.78 is 5.61. The van der Waals surface area contributed by atoms with Crippen LogP contribution in [0.1, 0.15) is 28.3 Å². The number of aromatic carboxylic acids is 1. The van der Waals surface area contributed by atoms with Crippen molar-refractivity contribution in [3.63, 3.8) is 0 Å². The van der Waals surface area contributed by atoms with E-state index in [4.69, 9.17) is 15.6 Å². The molecule has 10 nitrogen and oxygen atoms in total. The van der Waals surface area contributed by atoms with Crippen LogP contribution in [0, 0.1) is 0 Å². The van der Waals surface area contributed by atoms with Gasteiger partial charge in [-0.15, -0.1) is 0 Å². The maximum atomic E-state index is 11.8. The number of carbonyl (C=O) groups excluding carboxylic acids is 1. The molecule has 0 spiro atoms. The van der Waals surface area contributed by atoms with Crippen molar-refractivity contribution in [2.24, 2.45) is 5.73 Å². The average Bonchev–Trinajstić information content (AvgIpc) is 3.36. The number of aromatic hydroxyl groups is 1. The number of aliphatic hydroxyl groups is 1.